The minimum atomic E-state index is 0.836. The molecule has 5 rings (SSSR count). The third-order valence-corrected chi connectivity index (χ3v) is 5.55. The number of hydrazine groups is 1. The van der Waals surface area contributed by atoms with Crippen molar-refractivity contribution in [2.75, 3.05) is 26.8 Å². The van der Waals surface area contributed by atoms with Crippen LogP contribution in [0.25, 0.3) is 16.8 Å². The van der Waals surface area contributed by atoms with E-state index in [0.29, 0.717) is 0 Å². The van der Waals surface area contributed by atoms with Gasteiger partial charge in [-0.05, 0) is 41.3 Å². The second-order valence-electron chi connectivity index (χ2n) is 7.70. The van der Waals surface area contributed by atoms with Crippen LogP contribution in [0.5, 0.6) is 5.75 Å². The minimum Gasteiger partial charge on any atom is -0.496 e. The van der Waals surface area contributed by atoms with Crippen LogP contribution in [0, 0.1) is 6.92 Å². The average Bonchev–Trinajstić information content (AvgIpc) is 3.34. The van der Waals surface area contributed by atoms with E-state index in [0.717, 1.165) is 30.1 Å². The van der Waals surface area contributed by atoms with E-state index in [1.54, 1.807) is 21.3 Å². The number of aryl methyl sites for hydroxylation is 1. The zero-order chi connectivity index (χ0) is 25.8. The van der Waals surface area contributed by atoms with Gasteiger partial charge in [0, 0.05) is 38.1 Å². The molecule has 3 aromatic rings. The average molecular weight is 476 g/mol. The maximum absolute atomic E-state index is 8.00. The van der Waals surface area contributed by atoms with Gasteiger partial charge in [0.05, 0.1) is 25.0 Å². The molecule has 0 amide bonds. The maximum atomic E-state index is 8.00. The Morgan fingerprint density at radius 1 is 0.914 bits per heavy atom. The van der Waals surface area contributed by atoms with Crippen LogP contribution in [0.4, 0.5) is 5.69 Å². The van der Waals surface area contributed by atoms with Crippen LogP contribution in [0.2, 0.25) is 0 Å². The third-order valence-electron chi connectivity index (χ3n) is 5.55. The molecule has 2 N–H and O–H groups in total. The van der Waals surface area contributed by atoms with Crippen molar-refractivity contribution in [1.29, 1.82) is 0 Å². The molecule has 2 aliphatic heterocycles. The smallest absolute Gasteiger partial charge is 0.126 e. The van der Waals surface area contributed by atoms with Crippen molar-refractivity contribution >= 4 is 18.2 Å². The number of hydrogen-bond acceptors (Lipinski definition) is 6. The Morgan fingerprint density at radius 3 is 2.34 bits per heavy atom. The maximum Gasteiger partial charge on any atom is 0.126 e. The molecule has 0 saturated carbocycles. The van der Waals surface area contributed by atoms with Gasteiger partial charge in [-0.3, -0.25) is 10.4 Å². The van der Waals surface area contributed by atoms with Gasteiger partial charge in [-0.25, -0.2) is 0 Å². The normalized spacial score (nSPS) is 12.4. The van der Waals surface area contributed by atoms with Gasteiger partial charge in [0.1, 0.15) is 12.5 Å². The Labute approximate surface area is 209 Å². The number of carbonyl (C=O) groups excluding carboxylic acids is 1. The van der Waals surface area contributed by atoms with E-state index in [1.807, 2.05) is 32.8 Å². The van der Waals surface area contributed by atoms with Crippen LogP contribution in [0.15, 0.2) is 66.9 Å². The second-order valence-corrected chi connectivity index (χ2v) is 7.70. The summed E-state index contributed by atoms with van der Waals surface area (Å²) in [5.41, 5.74) is 13.3. The fourth-order valence-corrected chi connectivity index (χ4v) is 4.14. The molecule has 0 fully saturated rings. The lowest BCUT2D eigenvalue weighted by Crippen LogP contribution is -2.27. The van der Waals surface area contributed by atoms with Crippen molar-refractivity contribution in [3.8, 4) is 16.9 Å². The van der Waals surface area contributed by atoms with E-state index < -0.39 is 0 Å². The number of nitrogens with zero attached hydrogens (tertiary/aromatic N) is 1. The van der Waals surface area contributed by atoms with Gasteiger partial charge in [-0.1, -0.05) is 62.4 Å². The van der Waals surface area contributed by atoms with Crippen LogP contribution in [-0.2, 0) is 22.6 Å². The summed E-state index contributed by atoms with van der Waals surface area (Å²) in [6.07, 6.45) is 2.10. The number of ether oxygens (including phenoxy) is 2. The van der Waals surface area contributed by atoms with E-state index >= 15 is 0 Å². The van der Waals surface area contributed by atoms with Crippen molar-refractivity contribution in [1.82, 2.24) is 10.3 Å². The Hall–Kier alpha value is -3.77. The molecule has 0 aromatic heterocycles. The molecular weight excluding hydrogens is 438 g/mol. The van der Waals surface area contributed by atoms with Crippen molar-refractivity contribution < 1.29 is 14.3 Å². The topological polar surface area (TPSA) is 62.8 Å². The summed E-state index contributed by atoms with van der Waals surface area (Å²) in [6, 6.07) is 21.4. The molecule has 0 unspecified atom stereocenters. The van der Waals surface area contributed by atoms with E-state index in [9.17, 15) is 0 Å². The highest BCUT2D eigenvalue weighted by molar-refractivity contribution is 5.79. The van der Waals surface area contributed by atoms with Gasteiger partial charge < -0.3 is 19.6 Å². The summed E-state index contributed by atoms with van der Waals surface area (Å²) in [5, 5.41) is 5.61. The zero-order valence-electron chi connectivity index (χ0n) is 21.6. The number of rotatable bonds is 3. The van der Waals surface area contributed by atoms with Crippen molar-refractivity contribution in [3.63, 3.8) is 0 Å². The summed E-state index contributed by atoms with van der Waals surface area (Å²) in [4.78, 5) is 8.00. The Bertz CT molecular complexity index is 1130. The largest absolute Gasteiger partial charge is 0.496 e. The predicted octanol–water partition coefficient (Wildman–Crippen LogP) is 6.02. The monoisotopic (exact) mass is 475 g/mol. The third kappa shape index (κ3) is 6.22. The molecule has 2 heterocycles. The molecule has 35 heavy (non-hydrogen) atoms. The number of methoxy groups -OCH3 is 2. The van der Waals surface area contributed by atoms with Crippen molar-refractivity contribution in [3.05, 3.63) is 89.1 Å². The van der Waals surface area contributed by atoms with Gasteiger partial charge in [-0.15, -0.1) is 0 Å². The van der Waals surface area contributed by atoms with Crippen molar-refractivity contribution in [2.45, 2.75) is 33.9 Å². The summed E-state index contributed by atoms with van der Waals surface area (Å²) in [7, 11) is 4.98. The first-order valence-electron chi connectivity index (χ1n) is 11.7. The van der Waals surface area contributed by atoms with Gasteiger partial charge in [0.2, 0.25) is 0 Å². The molecule has 6 heteroatoms. The van der Waals surface area contributed by atoms with Crippen LogP contribution in [0.3, 0.4) is 0 Å². The van der Waals surface area contributed by atoms with Crippen LogP contribution in [-0.4, -0.2) is 33.1 Å². The Morgan fingerprint density at radius 2 is 1.63 bits per heavy atom. The summed E-state index contributed by atoms with van der Waals surface area (Å²) < 4.78 is 9.86. The zero-order valence-corrected chi connectivity index (χ0v) is 21.6. The van der Waals surface area contributed by atoms with Crippen LogP contribution >= 0.6 is 0 Å². The number of carbonyl (C=O) groups is 1. The first-order chi connectivity index (χ1) is 17.2. The quantitative estimate of drug-likeness (QED) is 0.483. The molecule has 0 bridgehead atoms. The predicted molar refractivity (Wildman–Crippen MR) is 145 cm³/mol. The van der Waals surface area contributed by atoms with E-state index in [1.165, 1.54) is 33.5 Å². The van der Waals surface area contributed by atoms with Crippen LogP contribution in [0.1, 0.15) is 36.1 Å². The van der Waals surface area contributed by atoms with E-state index in [4.69, 9.17) is 9.53 Å². The number of benzene rings is 3. The highest BCUT2D eigenvalue weighted by Gasteiger charge is 2.25. The molecule has 6 nitrogen and oxygen atoms in total. The standard InChI is InChI=1S/C24H23N3O.C2H6O.C2H6.CH2O/c1-16-6-5-9-23(28-2)24(16)17-10-11-19-15-27(26-21(19)12-17)22-14-25-13-18-7-3-4-8-20(18)22;1-3-2;2*1-2/h3-12,14,25-26H,13,15H2,1-2H3;1-2H3;1-2H3;1H2. The van der Waals surface area contributed by atoms with Gasteiger partial charge in [0.15, 0.2) is 0 Å². The number of hydrogen-bond donors (Lipinski definition) is 2. The van der Waals surface area contributed by atoms with Gasteiger partial charge >= 0.3 is 0 Å². The van der Waals surface area contributed by atoms with E-state index in [-0.39, 0.29) is 0 Å². The molecule has 186 valence electrons. The SMILES string of the molecule is C=O.CC.COC.COc1cccc(C)c1-c1ccc2c(c1)NN(C1=CNCc3ccccc31)C2. The minimum absolute atomic E-state index is 0.836. The summed E-state index contributed by atoms with van der Waals surface area (Å²) >= 11 is 0. The van der Waals surface area contributed by atoms with E-state index in [2.05, 4.69) is 82.1 Å². The Balaban J connectivity index is 0.000000563. The molecular formula is C29H37N3O3. The lowest BCUT2D eigenvalue weighted by molar-refractivity contribution is -0.0979. The highest BCUT2D eigenvalue weighted by Crippen LogP contribution is 2.39. The Kier molecular flexibility index (Phi) is 10.8. The molecule has 2 aliphatic rings. The number of nitrogens with one attached hydrogen (secondary N) is 2. The summed E-state index contributed by atoms with van der Waals surface area (Å²) in [6.45, 7) is 9.83. The number of anilines is 1. The molecule has 3 aromatic carbocycles. The fraction of sp³-hybridized carbons (Fsp3) is 0.276. The van der Waals surface area contributed by atoms with Gasteiger partial charge in [0.25, 0.3) is 0 Å². The molecule has 0 atom stereocenters. The first kappa shape index (κ1) is 27.5. The second kappa shape index (κ2) is 13.8. The molecule has 0 saturated heterocycles. The molecule has 0 radical (unpaired) electrons. The lowest BCUT2D eigenvalue weighted by atomic mass is 9.97. The first-order valence-corrected chi connectivity index (χ1v) is 11.7. The molecule has 0 spiro atoms. The summed E-state index contributed by atoms with van der Waals surface area (Å²) in [5.74, 6) is 0.905. The molecule has 0 aliphatic carbocycles. The number of fused-ring (bicyclic) bond motifs is 2. The van der Waals surface area contributed by atoms with Crippen LogP contribution < -0.4 is 15.5 Å². The van der Waals surface area contributed by atoms with Crippen molar-refractivity contribution in [2.24, 2.45) is 0 Å². The lowest BCUT2D eigenvalue weighted by Gasteiger charge is -2.27. The highest BCUT2D eigenvalue weighted by atomic mass is 16.5. The van der Waals surface area contributed by atoms with Gasteiger partial charge in [-0.2, -0.15) is 0 Å². The fourth-order valence-electron chi connectivity index (χ4n) is 4.14.